The van der Waals surface area contributed by atoms with E-state index in [1.54, 1.807) is 0 Å². The highest BCUT2D eigenvalue weighted by Crippen LogP contribution is 2.16. The molecule has 7 heteroatoms. The summed E-state index contributed by atoms with van der Waals surface area (Å²) in [6.45, 7) is 3.17. The molecule has 104 valence electrons. The number of amidine groups is 1. The summed E-state index contributed by atoms with van der Waals surface area (Å²) in [7, 11) is 0. The quantitative estimate of drug-likeness (QED) is 0.381. The maximum atomic E-state index is 9.14. The van der Waals surface area contributed by atoms with Crippen molar-refractivity contribution >= 4 is 11.5 Å². The van der Waals surface area contributed by atoms with E-state index in [2.05, 4.69) is 36.9 Å². The minimum Gasteiger partial charge on any atom is -0.409 e. The van der Waals surface area contributed by atoms with E-state index in [9.17, 15) is 0 Å². The molecular weight excluding hydrogens is 258 g/mol. The van der Waals surface area contributed by atoms with Crippen molar-refractivity contribution < 1.29 is 9.73 Å². The predicted molar refractivity (Wildman–Crippen MR) is 72.8 cm³/mol. The lowest BCUT2D eigenvalue weighted by Gasteiger charge is -2.36. The molecule has 7 nitrogen and oxygen atoms in total. The summed E-state index contributed by atoms with van der Waals surface area (Å²) in [5.74, 6) is 0.659. The van der Waals surface area contributed by atoms with Gasteiger partial charge in [-0.25, -0.2) is 0 Å². The zero-order chi connectivity index (χ0) is 13.8. The summed E-state index contributed by atoms with van der Waals surface area (Å²) in [5, 5.41) is 16.1. The second kappa shape index (κ2) is 5.60. The Labute approximate surface area is 116 Å². The molecule has 1 saturated heterocycles. The molecule has 0 aliphatic carbocycles. The number of nitrogens with zero attached hydrogens (tertiary/aromatic N) is 5. The van der Waals surface area contributed by atoms with Crippen LogP contribution in [0.3, 0.4) is 0 Å². The van der Waals surface area contributed by atoms with E-state index in [-0.39, 0.29) is 0 Å². The molecule has 0 amide bonds. The predicted octanol–water partition coefficient (Wildman–Crippen LogP) is 1.03. The summed E-state index contributed by atoms with van der Waals surface area (Å²) < 4.78 is 4.69. The molecule has 0 radical (unpaired) electrons. The van der Waals surface area contributed by atoms with Crippen molar-refractivity contribution in [3.05, 3.63) is 42.5 Å². The van der Waals surface area contributed by atoms with E-state index in [0.29, 0.717) is 11.7 Å². The van der Waals surface area contributed by atoms with Gasteiger partial charge in [-0.05, 0) is 12.1 Å². The average molecular weight is 273 g/mol. The zero-order valence-corrected chi connectivity index (χ0v) is 10.9. The second-order valence-corrected chi connectivity index (χ2v) is 4.49. The molecule has 1 aliphatic rings. The van der Waals surface area contributed by atoms with E-state index in [1.165, 1.54) is 12.1 Å². The highest BCUT2D eigenvalue weighted by Gasteiger charge is 2.23. The van der Waals surface area contributed by atoms with Crippen LogP contribution in [0.15, 0.2) is 46.4 Å². The van der Waals surface area contributed by atoms with Gasteiger partial charge in [-0.15, -0.1) is 0 Å². The minimum atomic E-state index is 0.306. The van der Waals surface area contributed by atoms with E-state index < -0.39 is 0 Å². The minimum absolute atomic E-state index is 0.306. The topological polar surface area (TPSA) is 78.0 Å². The Balaban J connectivity index is 1.67. The Bertz CT molecular complexity index is 562. The molecule has 1 N–H and O–H groups in total. The van der Waals surface area contributed by atoms with Gasteiger partial charge >= 0.3 is 0 Å². The van der Waals surface area contributed by atoms with Gasteiger partial charge < -0.3 is 19.5 Å². The van der Waals surface area contributed by atoms with Crippen LogP contribution in [0.25, 0.3) is 0 Å². The van der Waals surface area contributed by atoms with Crippen LogP contribution >= 0.6 is 0 Å². The molecule has 1 aromatic heterocycles. The largest absolute Gasteiger partial charge is 0.409 e. The lowest BCUT2D eigenvalue weighted by atomic mass is 10.2. The first-order valence-corrected chi connectivity index (χ1v) is 6.42. The van der Waals surface area contributed by atoms with Gasteiger partial charge in [-0.2, -0.15) is 4.98 Å². The molecule has 1 aliphatic heterocycles. The Morgan fingerprint density at radius 2 is 1.90 bits per heavy atom. The maximum absolute atomic E-state index is 9.14. The van der Waals surface area contributed by atoms with Crippen LogP contribution in [0.1, 0.15) is 5.82 Å². The SMILES string of the molecule is ON=C(c1ncon1)N1CCN(c2ccccc2)CC1. The second-order valence-electron chi connectivity index (χ2n) is 4.49. The molecule has 0 spiro atoms. The molecule has 2 heterocycles. The van der Waals surface area contributed by atoms with Gasteiger partial charge in [0, 0.05) is 31.9 Å². The number of hydrogen-bond donors (Lipinski definition) is 1. The Kier molecular flexibility index (Phi) is 3.49. The van der Waals surface area contributed by atoms with Crippen LogP contribution in [-0.2, 0) is 0 Å². The van der Waals surface area contributed by atoms with Crippen LogP contribution in [-0.4, -0.2) is 52.3 Å². The number of oxime groups is 1. The summed E-state index contributed by atoms with van der Waals surface area (Å²) in [4.78, 5) is 8.16. The lowest BCUT2D eigenvalue weighted by Crippen LogP contribution is -2.49. The fraction of sp³-hybridized carbons (Fsp3) is 0.308. The number of rotatable bonds is 2. The van der Waals surface area contributed by atoms with Gasteiger partial charge in [0.15, 0.2) is 0 Å². The van der Waals surface area contributed by atoms with Crippen molar-refractivity contribution in [1.29, 1.82) is 0 Å². The standard InChI is InChI=1S/C13H15N5O2/c19-15-13(12-14-10-20-16-12)18-8-6-17(7-9-18)11-4-2-1-3-5-11/h1-5,10,19H,6-9H2. The van der Waals surface area contributed by atoms with Crippen LogP contribution in [0, 0.1) is 0 Å². The molecule has 0 bridgehead atoms. The molecule has 0 saturated carbocycles. The number of hydrogen-bond acceptors (Lipinski definition) is 6. The van der Waals surface area contributed by atoms with Gasteiger partial charge in [-0.1, -0.05) is 28.5 Å². The van der Waals surface area contributed by atoms with Gasteiger partial charge in [0.1, 0.15) is 0 Å². The molecule has 1 aromatic carbocycles. The van der Waals surface area contributed by atoms with Gasteiger partial charge in [0.05, 0.1) is 0 Å². The van der Waals surface area contributed by atoms with Crippen molar-refractivity contribution in [2.45, 2.75) is 0 Å². The third kappa shape index (κ3) is 2.42. The summed E-state index contributed by atoms with van der Waals surface area (Å²) in [6, 6.07) is 10.3. The van der Waals surface area contributed by atoms with E-state index in [4.69, 9.17) is 5.21 Å². The monoisotopic (exact) mass is 273 g/mol. The smallest absolute Gasteiger partial charge is 0.241 e. The molecule has 0 unspecified atom stereocenters. The van der Waals surface area contributed by atoms with Crippen LogP contribution in [0.2, 0.25) is 0 Å². The first kappa shape index (κ1) is 12.5. The van der Waals surface area contributed by atoms with Gasteiger partial charge in [0.2, 0.25) is 18.1 Å². The first-order chi connectivity index (χ1) is 9.88. The Morgan fingerprint density at radius 3 is 2.50 bits per heavy atom. The lowest BCUT2D eigenvalue weighted by molar-refractivity contribution is 0.294. The highest BCUT2D eigenvalue weighted by atomic mass is 16.5. The molecule has 3 rings (SSSR count). The van der Waals surface area contributed by atoms with Crippen molar-refractivity contribution in [1.82, 2.24) is 15.0 Å². The molecule has 20 heavy (non-hydrogen) atoms. The summed E-state index contributed by atoms with van der Waals surface area (Å²) in [6.07, 6.45) is 1.22. The number of anilines is 1. The van der Waals surface area contributed by atoms with Crippen molar-refractivity contribution in [2.75, 3.05) is 31.1 Å². The van der Waals surface area contributed by atoms with E-state index >= 15 is 0 Å². The first-order valence-electron chi connectivity index (χ1n) is 6.42. The maximum Gasteiger partial charge on any atom is 0.241 e. The van der Waals surface area contributed by atoms with Crippen LogP contribution in [0.4, 0.5) is 5.69 Å². The molecular formula is C13H15N5O2. The third-order valence-electron chi connectivity index (χ3n) is 3.36. The molecule has 1 fully saturated rings. The normalized spacial score (nSPS) is 16.5. The number of para-hydroxylation sites is 1. The summed E-state index contributed by atoms with van der Waals surface area (Å²) in [5.41, 5.74) is 1.20. The fourth-order valence-corrected chi connectivity index (χ4v) is 2.33. The molecule has 0 atom stereocenters. The zero-order valence-electron chi connectivity index (χ0n) is 10.9. The number of aromatic nitrogens is 2. The Morgan fingerprint density at radius 1 is 1.15 bits per heavy atom. The third-order valence-corrected chi connectivity index (χ3v) is 3.36. The van der Waals surface area contributed by atoms with Crippen molar-refractivity contribution in [3.8, 4) is 0 Å². The molecule has 2 aromatic rings. The highest BCUT2D eigenvalue weighted by molar-refractivity contribution is 5.94. The van der Waals surface area contributed by atoms with E-state index in [0.717, 1.165) is 26.2 Å². The fourth-order valence-electron chi connectivity index (χ4n) is 2.33. The summed E-state index contributed by atoms with van der Waals surface area (Å²) >= 11 is 0. The Hall–Kier alpha value is -2.57. The van der Waals surface area contributed by atoms with Crippen LogP contribution in [0.5, 0.6) is 0 Å². The average Bonchev–Trinajstić information content (AvgIpc) is 3.04. The van der Waals surface area contributed by atoms with Gasteiger partial charge in [0.25, 0.3) is 0 Å². The van der Waals surface area contributed by atoms with Crippen molar-refractivity contribution in [2.24, 2.45) is 5.16 Å². The van der Waals surface area contributed by atoms with E-state index in [1.807, 2.05) is 23.1 Å². The van der Waals surface area contributed by atoms with Gasteiger partial charge in [-0.3, -0.25) is 0 Å². The van der Waals surface area contributed by atoms with Crippen LogP contribution < -0.4 is 4.90 Å². The van der Waals surface area contributed by atoms with Crippen molar-refractivity contribution in [3.63, 3.8) is 0 Å². The number of piperazine rings is 1. The number of benzene rings is 1.